The number of ether oxygens (including phenoxy) is 3. The van der Waals surface area contributed by atoms with Crippen molar-refractivity contribution in [2.24, 2.45) is 0 Å². The third kappa shape index (κ3) is 57.4. The summed E-state index contributed by atoms with van der Waals surface area (Å²) >= 11 is 0. The molecule has 0 fully saturated rings. The first-order valence-electron chi connectivity index (χ1n) is 30.1. The molecule has 1 atom stereocenters. The second kappa shape index (κ2) is 59.2. The van der Waals surface area contributed by atoms with E-state index in [1.807, 2.05) is 0 Å². The summed E-state index contributed by atoms with van der Waals surface area (Å²) < 4.78 is 16.8. The molecule has 1 unspecified atom stereocenters. The average molecular weight is 990 g/mol. The molecule has 0 aliphatic heterocycles. The Balaban J connectivity index is 4.30. The van der Waals surface area contributed by atoms with Crippen molar-refractivity contribution in [2.75, 3.05) is 13.2 Å². The lowest BCUT2D eigenvalue weighted by Gasteiger charge is -2.18. The van der Waals surface area contributed by atoms with Gasteiger partial charge in [0.2, 0.25) is 0 Å². The van der Waals surface area contributed by atoms with Crippen molar-refractivity contribution in [2.45, 2.75) is 297 Å². The number of rotatable bonds is 54. The van der Waals surface area contributed by atoms with Crippen LogP contribution in [0, 0.1) is 0 Å². The molecule has 0 aromatic carbocycles. The second-order valence-corrected chi connectivity index (χ2v) is 19.9. The molecule has 0 aromatic heterocycles. The van der Waals surface area contributed by atoms with E-state index in [0.717, 1.165) is 122 Å². The van der Waals surface area contributed by atoms with Gasteiger partial charge in [-0.1, -0.05) is 279 Å². The molecule has 0 amide bonds. The van der Waals surface area contributed by atoms with E-state index in [-0.39, 0.29) is 31.1 Å². The van der Waals surface area contributed by atoms with Crippen LogP contribution in [0.5, 0.6) is 0 Å². The van der Waals surface area contributed by atoms with Gasteiger partial charge in [-0.15, -0.1) is 0 Å². The number of esters is 3. The third-order valence-electron chi connectivity index (χ3n) is 12.9. The summed E-state index contributed by atoms with van der Waals surface area (Å²) in [5, 5.41) is 0. The number of carbonyl (C=O) groups excluding carboxylic acids is 3. The molecule has 0 heterocycles. The largest absolute Gasteiger partial charge is 0.462 e. The van der Waals surface area contributed by atoms with Gasteiger partial charge in [0.25, 0.3) is 0 Å². The summed E-state index contributed by atoms with van der Waals surface area (Å²) in [7, 11) is 0. The Bertz CT molecular complexity index is 1370. The Kier molecular flexibility index (Phi) is 56.3. The number of unbranched alkanes of at least 4 members (excludes halogenated alkanes) is 29. The maximum absolute atomic E-state index is 12.8. The molecule has 71 heavy (non-hydrogen) atoms. The maximum Gasteiger partial charge on any atom is 0.306 e. The zero-order valence-corrected chi connectivity index (χ0v) is 46.7. The van der Waals surface area contributed by atoms with Gasteiger partial charge in [0.05, 0.1) is 0 Å². The van der Waals surface area contributed by atoms with Gasteiger partial charge >= 0.3 is 17.9 Å². The van der Waals surface area contributed by atoms with Gasteiger partial charge in [-0.3, -0.25) is 14.4 Å². The molecule has 0 aromatic rings. The van der Waals surface area contributed by atoms with Crippen LogP contribution < -0.4 is 0 Å². The molecular weight excluding hydrogens is 877 g/mol. The molecule has 0 N–H and O–H groups in total. The molecule has 0 saturated heterocycles. The van der Waals surface area contributed by atoms with Crippen LogP contribution in [0.15, 0.2) is 85.1 Å². The first kappa shape index (κ1) is 67.6. The molecule has 0 saturated carbocycles. The van der Waals surface area contributed by atoms with Crippen LogP contribution >= 0.6 is 0 Å². The Morgan fingerprint density at radius 2 is 0.549 bits per heavy atom. The summed E-state index contributed by atoms with van der Waals surface area (Å²) in [6.07, 6.45) is 77.2. The second-order valence-electron chi connectivity index (χ2n) is 19.9. The highest BCUT2D eigenvalue weighted by Crippen LogP contribution is 2.16. The highest BCUT2D eigenvalue weighted by atomic mass is 16.6. The molecule has 408 valence electrons. The molecule has 0 rings (SSSR count). The first-order chi connectivity index (χ1) is 35.0. The number of carbonyl (C=O) groups is 3. The van der Waals surface area contributed by atoms with Gasteiger partial charge in [-0.05, 0) is 77.0 Å². The summed E-state index contributed by atoms with van der Waals surface area (Å²) in [6, 6.07) is 0. The summed E-state index contributed by atoms with van der Waals surface area (Å²) in [5.41, 5.74) is 0. The van der Waals surface area contributed by atoms with Crippen molar-refractivity contribution in [3.8, 4) is 0 Å². The molecule has 6 nitrogen and oxygen atoms in total. The van der Waals surface area contributed by atoms with Gasteiger partial charge in [0.15, 0.2) is 6.10 Å². The van der Waals surface area contributed by atoms with E-state index in [1.165, 1.54) is 128 Å². The van der Waals surface area contributed by atoms with Crippen molar-refractivity contribution < 1.29 is 28.6 Å². The van der Waals surface area contributed by atoms with Crippen LogP contribution in [-0.4, -0.2) is 37.2 Å². The number of hydrogen-bond acceptors (Lipinski definition) is 6. The molecule has 0 bridgehead atoms. The van der Waals surface area contributed by atoms with E-state index in [9.17, 15) is 14.4 Å². The summed E-state index contributed by atoms with van der Waals surface area (Å²) in [6.45, 7) is 6.52. The Morgan fingerprint density at radius 1 is 0.296 bits per heavy atom. The normalized spacial score (nSPS) is 12.7. The van der Waals surface area contributed by atoms with Crippen LogP contribution in [0.3, 0.4) is 0 Å². The minimum atomic E-state index is -0.781. The van der Waals surface area contributed by atoms with E-state index in [0.29, 0.717) is 19.3 Å². The van der Waals surface area contributed by atoms with Crippen molar-refractivity contribution in [3.63, 3.8) is 0 Å². The predicted molar refractivity (Wildman–Crippen MR) is 307 cm³/mol. The Morgan fingerprint density at radius 3 is 0.859 bits per heavy atom. The van der Waals surface area contributed by atoms with E-state index >= 15 is 0 Å². The molecule has 0 aliphatic carbocycles. The highest BCUT2D eigenvalue weighted by molar-refractivity contribution is 5.71. The van der Waals surface area contributed by atoms with E-state index < -0.39 is 6.10 Å². The quantitative estimate of drug-likeness (QED) is 0.0261. The SMILES string of the molecule is CC/C=C\C/C=C\C/C=C\C/C=C\C/C=C\C/C=C\C/C=C\CCCCCCCC(=O)OCC(COC(=O)CCCCCCCCCCCC)OC(=O)CCCCCCCCCCCCCCCCCC. The Hall–Kier alpha value is -3.41. The molecule has 0 aliphatic rings. The smallest absolute Gasteiger partial charge is 0.306 e. The number of allylic oxidation sites excluding steroid dienone is 14. The minimum absolute atomic E-state index is 0.0790. The first-order valence-corrected chi connectivity index (χ1v) is 30.1. The van der Waals surface area contributed by atoms with Crippen LogP contribution in [0.2, 0.25) is 0 Å². The maximum atomic E-state index is 12.8. The Labute approximate surface area is 439 Å². The minimum Gasteiger partial charge on any atom is -0.462 e. The predicted octanol–water partition coefficient (Wildman–Crippen LogP) is 20.3. The molecule has 0 spiro atoms. The molecule has 6 heteroatoms. The van der Waals surface area contributed by atoms with E-state index in [2.05, 4.69) is 106 Å². The van der Waals surface area contributed by atoms with E-state index in [4.69, 9.17) is 14.2 Å². The van der Waals surface area contributed by atoms with Crippen LogP contribution in [0.1, 0.15) is 290 Å². The van der Waals surface area contributed by atoms with Gasteiger partial charge in [0.1, 0.15) is 13.2 Å². The fourth-order valence-corrected chi connectivity index (χ4v) is 8.42. The van der Waals surface area contributed by atoms with Crippen LogP contribution in [0.4, 0.5) is 0 Å². The molecule has 0 radical (unpaired) electrons. The van der Waals surface area contributed by atoms with E-state index in [1.54, 1.807) is 0 Å². The van der Waals surface area contributed by atoms with Gasteiger partial charge in [0, 0.05) is 19.3 Å². The average Bonchev–Trinajstić information content (AvgIpc) is 3.37. The topological polar surface area (TPSA) is 78.9 Å². The number of hydrogen-bond donors (Lipinski definition) is 0. The van der Waals surface area contributed by atoms with Crippen LogP contribution in [0.25, 0.3) is 0 Å². The van der Waals surface area contributed by atoms with Crippen molar-refractivity contribution in [3.05, 3.63) is 85.1 Å². The zero-order valence-electron chi connectivity index (χ0n) is 46.7. The fourth-order valence-electron chi connectivity index (χ4n) is 8.42. The third-order valence-corrected chi connectivity index (χ3v) is 12.9. The van der Waals surface area contributed by atoms with Gasteiger partial charge in [-0.2, -0.15) is 0 Å². The van der Waals surface area contributed by atoms with Crippen LogP contribution in [-0.2, 0) is 28.6 Å². The van der Waals surface area contributed by atoms with Crippen molar-refractivity contribution in [1.29, 1.82) is 0 Å². The highest BCUT2D eigenvalue weighted by Gasteiger charge is 2.19. The summed E-state index contributed by atoms with van der Waals surface area (Å²) in [5.74, 6) is -0.890. The lowest BCUT2D eigenvalue weighted by Crippen LogP contribution is -2.30. The summed E-state index contributed by atoms with van der Waals surface area (Å²) in [4.78, 5) is 38.1. The lowest BCUT2D eigenvalue weighted by molar-refractivity contribution is -0.167. The van der Waals surface area contributed by atoms with Crippen molar-refractivity contribution >= 4 is 17.9 Å². The van der Waals surface area contributed by atoms with Gasteiger partial charge in [-0.25, -0.2) is 0 Å². The lowest BCUT2D eigenvalue weighted by atomic mass is 10.0. The van der Waals surface area contributed by atoms with Gasteiger partial charge < -0.3 is 14.2 Å². The zero-order chi connectivity index (χ0) is 51.4. The monoisotopic (exact) mass is 989 g/mol. The molecular formula is C65H112O6. The van der Waals surface area contributed by atoms with Crippen molar-refractivity contribution in [1.82, 2.24) is 0 Å². The fraction of sp³-hybridized carbons (Fsp3) is 0.738. The standard InChI is InChI=1S/C65H112O6/c1-4-7-10-13-16-19-22-24-26-28-29-30-31-32-33-34-35-36-37-38-40-41-43-46-49-52-55-58-64(67)70-61-62(60-69-63(66)57-54-51-48-45-21-18-15-12-9-6-3)71-65(68)59-56-53-50-47-44-42-39-27-25-23-20-17-14-11-8-5-2/h7,10,16,19,24,26,29-30,32-33,35-36,38,40,62H,4-6,8-9,11-15,17-18,20-23,25,27-28,31,34,37,39,41-61H2,1-3H3/b10-7-,19-16-,26-24-,30-29-,33-32-,36-35-,40-38-.